The van der Waals surface area contributed by atoms with Crippen LogP contribution in [0.15, 0.2) is 23.4 Å². The van der Waals surface area contributed by atoms with Crippen molar-refractivity contribution < 1.29 is 0 Å². The van der Waals surface area contributed by atoms with Crippen LogP contribution in [0.5, 0.6) is 0 Å². The summed E-state index contributed by atoms with van der Waals surface area (Å²) in [5, 5.41) is 2.75. The van der Waals surface area contributed by atoms with Crippen molar-refractivity contribution in [3.05, 3.63) is 28.8 Å². The van der Waals surface area contributed by atoms with Gasteiger partial charge < -0.3 is 0 Å². The molecule has 0 N–H and O–H groups in total. The predicted molar refractivity (Wildman–Crippen MR) is 43.8 cm³/mol. The zero-order valence-corrected chi connectivity index (χ0v) is 6.61. The molecule has 0 saturated carbocycles. The number of nitrogens with zero attached hydrogens (tertiary/aromatic N) is 2. The van der Waals surface area contributed by atoms with Crippen LogP contribution < -0.4 is 0 Å². The van der Waals surface area contributed by atoms with E-state index in [0.29, 0.717) is 5.92 Å². The molecule has 0 aliphatic carbocycles. The van der Waals surface area contributed by atoms with Crippen molar-refractivity contribution in [1.82, 2.24) is 4.98 Å². The van der Waals surface area contributed by atoms with E-state index in [1.54, 1.807) is 12.1 Å². The van der Waals surface area contributed by atoms with Gasteiger partial charge in [-0.2, -0.15) is 0 Å². The fraction of sp³-hybridized carbons (Fsp3) is 0.375. The summed E-state index contributed by atoms with van der Waals surface area (Å²) in [6, 6.07) is 5.28. The summed E-state index contributed by atoms with van der Waals surface area (Å²) in [7, 11) is 0. The Hall–Kier alpha value is -1.25. The van der Waals surface area contributed by atoms with E-state index in [1.807, 2.05) is 19.9 Å². The molecule has 0 aliphatic heterocycles. The first-order chi connectivity index (χ1) is 5.24. The van der Waals surface area contributed by atoms with Gasteiger partial charge in [-0.05, 0) is 23.2 Å². The van der Waals surface area contributed by atoms with E-state index < -0.39 is 0 Å². The third-order valence-corrected chi connectivity index (χ3v) is 1.44. The van der Waals surface area contributed by atoms with Crippen LogP contribution in [-0.2, 0) is 0 Å². The molecule has 1 rings (SSSR count). The van der Waals surface area contributed by atoms with Gasteiger partial charge in [-0.25, -0.2) is 4.98 Å². The number of hydrogen-bond acceptors (Lipinski definition) is 3. The van der Waals surface area contributed by atoms with Gasteiger partial charge >= 0.3 is 0 Å². The number of nitroso groups, excluding NO2 is 1. The Labute approximate surface area is 65.4 Å². The maximum Gasteiger partial charge on any atom is 0.196 e. The van der Waals surface area contributed by atoms with Crippen molar-refractivity contribution in [2.45, 2.75) is 19.8 Å². The standard InChI is InChI=1S/C8H10N2O/c1-6(2)7-4-3-5-8(9-7)10-11/h3-6H,1-2H3. The van der Waals surface area contributed by atoms with Crippen molar-refractivity contribution in [1.29, 1.82) is 0 Å². The third kappa shape index (κ3) is 1.83. The van der Waals surface area contributed by atoms with Crippen LogP contribution in [-0.4, -0.2) is 4.98 Å². The van der Waals surface area contributed by atoms with E-state index in [9.17, 15) is 4.91 Å². The van der Waals surface area contributed by atoms with Crippen LogP contribution in [0.1, 0.15) is 25.5 Å². The summed E-state index contributed by atoms with van der Waals surface area (Å²) >= 11 is 0. The van der Waals surface area contributed by atoms with Crippen molar-refractivity contribution in [2.75, 3.05) is 0 Å². The Morgan fingerprint density at radius 1 is 1.45 bits per heavy atom. The highest BCUT2D eigenvalue weighted by Gasteiger charge is 2.00. The number of aromatic nitrogens is 1. The van der Waals surface area contributed by atoms with Crippen LogP contribution in [0.3, 0.4) is 0 Å². The molecule has 1 heterocycles. The van der Waals surface area contributed by atoms with Crippen molar-refractivity contribution in [3.8, 4) is 0 Å². The molecule has 0 unspecified atom stereocenters. The minimum atomic E-state index is 0.260. The average Bonchev–Trinajstić information content (AvgIpc) is 2.05. The van der Waals surface area contributed by atoms with E-state index in [-0.39, 0.29) is 5.82 Å². The molecule has 0 bridgehead atoms. The first-order valence-electron chi connectivity index (χ1n) is 3.54. The van der Waals surface area contributed by atoms with Gasteiger partial charge in [0.25, 0.3) is 0 Å². The first kappa shape index (κ1) is 7.85. The van der Waals surface area contributed by atoms with E-state index in [4.69, 9.17) is 0 Å². The molecule has 0 aromatic carbocycles. The molecule has 1 aromatic rings. The molecular weight excluding hydrogens is 140 g/mol. The van der Waals surface area contributed by atoms with Gasteiger partial charge in [0.05, 0.1) is 0 Å². The molecule has 3 heteroatoms. The molecule has 0 amide bonds. The summed E-state index contributed by atoms with van der Waals surface area (Å²) in [6.07, 6.45) is 0. The summed E-state index contributed by atoms with van der Waals surface area (Å²) in [5.41, 5.74) is 0.905. The van der Waals surface area contributed by atoms with E-state index >= 15 is 0 Å². The number of rotatable bonds is 2. The Balaban J connectivity index is 3.00. The SMILES string of the molecule is CC(C)c1cccc(N=O)n1. The van der Waals surface area contributed by atoms with Crippen LogP contribution in [0.25, 0.3) is 0 Å². The summed E-state index contributed by atoms with van der Waals surface area (Å²) < 4.78 is 0. The monoisotopic (exact) mass is 150 g/mol. The lowest BCUT2D eigenvalue weighted by atomic mass is 10.1. The minimum absolute atomic E-state index is 0.260. The van der Waals surface area contributed by atoms with Gasteiger partial charge in [-0.3, -0.25) is 0 Å². The molecule has 0 saturated heterocycles. The zero-order chi connectivity index (χ0) is 8.27. The fourth-order valence-electron chi connectivity index (χ4n) is 0.812. The van der Waals surface area contributed by atoms with Crippen molar-refractivity contribution in [2.24, 2.45) is 5.18 Å². The van der Waals surface area contributed by atoms with Crippen LogP contribution in [0.4, 0.5) is 5.82 Å². The molecule has 0 radical (unpaired) electrons. The molecule has 0 aliphatic rings. The van der Waals surface area contributed by atoms with Gasteiger partial charge in [0, 0.05) is 5.69 Å². The first-order valence-corrected chi connectivity index (χ1v) is 3.54. The molecule has 58 valence electrons. The summed E-state index contributed by atoms with van der Waals surface area (Å²) in [5.74, 6) is 0.605. The van der Waals surface area contributed by atoms with Crippen molar-refractivity contribution >= 4 is 5.82 Å². The normalized spacial score (nSPS) is 10.1. The molecule has 3 nitrogen and oxygen atoms in total. The van der Waals surface area contributed by atoms with Crippen LogP contribution in [0, 0.1) is 4.91 Å². The molecule has 0 fully saturated rings. The highest BCUT2D eigenvalue weighted by molar-refractivity contribution is 5.28. The molecular formula is C8H10N2O. The predicted octanol–water partition coefficient (Wildman–Crippen LogP) is 2.60. The maximum atomic E-state index is 10.1. The fourth-order valence-corrected chi connectivity index (χ4v) is 0.812. The Morgan fingerprint density at radius 2 is 2.18 bits per heavy atom. The zero-order valence-electron chi connectivity index (χ0n) is 6.61. The van der Waals surface area contributed by atoms with Gasteiger partial charge in [-0.1, -0.05) is 19.9 Å². The second-order valence-electron chi connectivity index (χ2n) is 2.67. The van der Waals surface area contributed by atoms with E-state index in [0.717, 1.165) is 5.69 Å². The number of pyridine rings is 1. The topological polar surface area (TPSA) is 42.3 Å². The van der Waals surface area contributed by atoms with Crippen molar-refractivity contribution in [3.63, 3.8) is 0 Å². The van der Waals surface area contributed by atoms with Gasteiger partial charge in [-0.15, -0.1) is 4.91 Å². The van der Waals surface area contributed by atoms with Gasteiger partial charge in [0.1, 0.15) is 0 Å². The lowest BCUT2D eigenvalue weighted by Gasteiger charge is -2.01. The van der Waals surface area contributed by atoms with E-state index in [2.05, 4.69) is 10.2 Å². The minimum Gasteiger partial charge on any atom is -0.230 e. The highest BCUT2D eigenvalue weighted by Crippen LogP contribution is 2.14. The average molecular weight is 150 g/mol. The van der Waals surface area contributed by atoms with Crippen LogP contribution in [0.2, 0.25) is 0 Å². The molecule has 0 spiro atoms. The lowest BCUT2D eigenvalue weighted by Crippen LogP contribution is -1.90. The smallest absolute Gasteiger partial charge is 0.196 e. The van der Waals surface area contributed by atoms with E-state index in [1.165, 1.54) is 0 Å². The quantitative estimate of drug-likeness (QED) is 0.608. The highest BCUT2D eigenvalue weighted by atomic mass is 16.3. The lowest BCUT2D eigenvalue weighted by molar-refractivity contribution is 0.823. The second-order valence-corrected chi connectivity index (χ2v) is 2.67. The third-order valence-electron chi connectivity index (χ3n) is 1.44. The molecule has 0 atom stereocenters. The summed E-state index contributed by atoms with van der Waals surface area (Å²) in [4.78, 5) is 14.1. The Bertz CT molecular complexity index is 258. The molecule has 11 heavy (non-hydrogen) atoms. The second kappa shape index (κ2) is 3.23. The van der Waals surface area contributed by atoms with Crippen LogP contribution >= 0.6 is 0 Å². The summed E-state index contributed by atoms with van der Waals surface area (Å²) in [6.45, 7) is 4.05. The molecule has 1 aromatic heterocycles. The maximum absolute atomic E-state index is 10.1. The van der Waals surface area contributed by atoms with Gasteiger partial charge in [0.2, 0.25) is 0 Å². The Kier molecular flexibility index (Phi) is 2.31. The largest absolute Gasteiger partial charge is 0.230 e. The number of hydrogen-bond donors (Lipinski definition) is 0. The Morgan fingerprint density at radius 3 is 2.73 bits per heavy atom. The van der Waals surface area contributed by atoms with Gasteiger partial charge in [0.15, 0.2) is 5.82 Å².